The van der Waals surface area contributed by atoms with Gasteiger partial charge in [-0.1, -0.05) is 11.6 Å². The van der Waals surface area contributed by atoms with E-state index in [2.05, 4.69) is 15.2 Å². The molecule has 0 aromatic carbocycles. The standard InChI is InChI=1S/C13H13ClF3N3O/c14-9-4-18-10(3-8(9)13(15,16)17)12(21)19-11-6-20-2-1-7(11)5-20/h3-4,7,11H,1-2,5-6H2,(H,19,21). The lowest BCUT2D eigenvalue weighted by Crippen LogP contribution is -2.43. The third-order valence-corrected chi connectivity index (χ3v) is 4.34. The number of nitrogens with zero attached hydrogens (tertiary/aromatic N) is 2. The zero-order valence-corrected chi connectivity index (χ0v) is 11.7. The number of alkyl halides is 3. The summed E-state index contributed by atoms with van der Waals surface area (Å²) in [4.78, 5) is 18.0. The second-order valence-electron chi connectivity index (χ2n) is 5.44. The number of hydrogen-bond donors (Lipinski definition) is 1. The van der Waals surface area contributed by atoms with E-state index < -0.39 is 22.7 Å². The summed E-state index contributed by atoms with van der Waals surface area (Å²) in [5.74, 6) is -0.209. The first-order chi connectivity index (χ1) is 9.84. The van der Waals surface area contributed by atoms with E-state index in [-0.39, 0.29) is 11.7 Å². The molecule has 3 heterocycles. The molecule has 2 fully saturated rings. The van der Waals surface area contributed by atoms with Crippen molar-refractivity contribution in [1.82, 2.24) is 15.2 Å². The number of amides is 1. The lowest BCUT2D eigenvalue weighted by molar-refractivity contribution is -0.137. The first kappa shape index (κ1) is 14.6. The van der Waals surface area contributed by atoms with Crippen molar-refractivity contribution in [3.05, 3.63) is 28.5 Å². The molecule has 0 saturated carbocycles. The minimum atomic E-state index is -4.60. The molecule has 2 aliphatic rings. The molecule has 3 atom stereocenters. The number of carbonyl (C=O) groups is 1. The van der Waals surface area contributed by atoms with Crippen molar-refractivity contribution in [1.29, 1.82) is 0 Å². The van der Waals surface area contributed by atoms with Gasteiger partial charge in [0.15, 0.2) is 0 Å². The van der Waals surface area contributed by atoms with Crippen LogP contribution in [0.1, 0.15) is 22.5 Å². The summed E-state index contributed by atoms with van der Waals surface area (Å²) >= 11 is 5.49. The van der Waals surface area contributed by atoms with Crippen LogP contribution in [0.25, 0.3) is 0 Å². The van der Waals surface area contributed by atoms with Crippen LogP contribution in [0.5, 0.6) is 0 Å². The molecule has 1 N–H and O–H groups in total. The van der Waals surface area contributed by atoms with Crippen LogP contribution >= 0.6 is 11.6 Å². The number of halogens is 4. The lowest BCUT2D eigenvalue weighted by atomic mass is 10.00. The van der Waals surface area contributed by atoms with E-state index >= 15 is 0 Å². The Morgan fingerprint density at radius 1 is 1.43 bits per heavy atom. The molecule has 21 heavy (non-hydrogen) atoms. The Morgan fingerprint density at radius 2 is 2.19 bits per heavy atom. The average Bonchev–Trinajstić information content (AvgIpc) is 3.00. The fourth-order valence-corrected chi connectivity index (χ4v) is 3.18. The van der Waals surface area contributed by atoms with Crippen LogP contribution in [0.15, 0.2) is 12.3 Å². The largest absolute Gasteiger partial charge is 0.417 e. The van der Waals surface area contributed by atoms with Crippen LogP contribution in [0.4, 0.5) is 13.2 Å². The van der Waals surface area contributed by atoms with Gasteiger partial charge in [0.1, 0.15) is 5.69 Å². The summed E-state index contributed by atoms with van der Waals surface area (Å²) in [5, 5.41) is 2.26. The minimum absolute atomic E-state index is 0.0157. The van der Waals surface area contributed by atoms with Crippen LogP contribution in [0.2, 0.25) is 5.02 Å². The van der Waals surface area contributed by atoms with E-state index in [1.165, 1.54) is 0 Å². The molecule has 1 amide bonds. The van der Waals surface area contributed by atoms with E-state index in [0.717, 1.165) is 32.3 Å². The Hall–Kier alpha value is -1.34. The number of pyridine rings is 1. The highest BCUT2D eigenvalue weighted by Gasteiger charge is 2.39. The highest BCUT2D eigenvalue weighted by molar-refractivity contribution is 6.31. The molecule has 8 heteroatoms. The van der Waals surface area contributed by atoms with Gasteiger partial charge < -0.3 is 10.2 Å². The van der Waals surface area contributed by atoms with Gasteiger partial charge >= 0.3 is 6.18 Å². The predicted octanol–water partition coefficient (Wildman–Crippen LogP) is 2.19. The summed E-state index contributed by atoms with van der Waals surface area (Å²) in [7, 11) is 0. The zero-order valence-electron chi connectivity index (χ0n) is 11.0. The second kappa shape index (κ2) is 5.14. The molecule has 1 aromatic heterocycles. The van der Waals surface area contributed by atoms with E-state index in [0.29, 0.717) is 12.0 Å². The quantitative estimate of drug-likeness (QED) is 0.909. The maximum Gasteiger partial charge on any atom is 0.417 e. The SMILES string of the molecule is O=C(NC1CN2CCC1C2)c1cc(C(F)(F)F)c(Cl)cn1. The van der Waals surface area contributed by atoms with Crippen molar-refractivity contribution >= 4 is 17.5 Å². The predicted molar refractivity (Wildman–Crippen MR) is 70.1 cm³/mol. The molecule has 3 rings (SSSR count). The Labute approximate surface area is 124 Å². The number of aromatic nitrogens is 1. The van der Waals surface area contributed by atoms with Crippen molar-refractivity contribution in [2.45, 2.75) is 18.6 Å². The van der Waals surface area contributed by atoms with Gasteiger partial charge in [-0.3, -0.25) is 4.79 Å². The van der Waals surface area contributed by atoms with Crippen LogP contribution in [-0.2, 0) is 6.18 Å². The minimum Gasteiger partial charge on any atom is -0.346 e. The van der Waals surface area contributed by atoms with Crippen molar-refractivity contribution in [2.75, 3.05) is 19.6 Å². The molecule has 1 aromatic rings. The fourth-order valence-electron chi connectivity index (χ4n) is 2.97. The number of nitrogens with one attached hydrogen (secondary N) is 1. The Bertz CT molecular complexity index is 578. The van der Waals surface area contributed by atoms with Crippen molar-refractivity contribution < 1.29 is 18.0 Å². The van der Waals surface area contributed by atoms with Crippen LogP contribution in [-0.4, -0.2) is 41.5 Å². The van der Waals surface area contributed by atoms with E-state index in [9.17, 15) is 18.0 Å². The zero-order chi connectivity index (χ0) is 15.2. The first-order valence-electron chi connectivity index (χ1n) is 6.60. The third-order valence-electron chi connectivity index (χ3n) is 4.04. The Morgan fingerprint density at radius 3 is 2.76 bits per heavy atom. The van der Waals surface area contributed by atoms with E-state index in [1.807, 2.05) is 0 Å². The Balaban J connectivity index is 1.76. The van der Waals surface area contributed by atoms with Gasteiger partial charge in [0.05, 0.1) is 10.6 Å². The molecular weight excluding hydrogens is 307 g/mol. The van der Waals surface area contributed by atoms with Gasteiger partial charge in [0.2, 0.25) is 0 Å². The third kappa shape index (κ3) is 2.85. The summed E-state index contributed by atoms with van der Waals surface area (Å²) in [5.41, 5.74) is -1.30. The van der Waals surface area contributed by atoms with Gasteiger partial charge in [0.25, 0.3) is 5.91 Å². The second-order valence-corrected chi connectivity index (χ2v) is 5.84. The first-order valence-corrected chi connectivity index (χ1v) is 6.98. The molecule has 2 aliphatic heterocycles. The number of piperidine rings is 1. The Kier molecular flexibility index (Phi) is 3.57. The summed E-state index contributed by atoms with van der Waals surface area (Å²) in [6.07, 6.45) is -2.73. The van der Waals surface area contributed by atoms with E-state index in [4.69, 9.17) is 11.6 Å². The topological polar surface area (TPSA) is 45.2 Å². The van der Waals surface area contributed by atoms with Crippen molar-refractivity contribution in [3.8, 4) is 0 Å². The monoisotopic (exact) mass is 319 g/mol. The summed E-state index contributed by atoms with van der Waals surface area (Å²) < 4.78 is 38.3. The summed E-state index contributed by atoms with van der Waals surface area (Å²) in [6.45, 7) is 2.71. The van der Waals surface area contributed by atoms with Crippen LogP contribution < -0.4 is 5.32 Å². The molecule has 0 spiro atoms. The average molecular weight is 320 g/mol. The molecule has 2 saturated heterocycles. The lowest BCUT2D eigenvalue weighted by Gasteiger charge is -2.23. The molecule has 114 valence electrons. The highest BCUT2D eigenvalue weighted by atomic mass is 35.5. The molecule has 0 aliphatic carbocycles. The smallest absolute Gasteiger partial charge is 0.346 e. The molecular formula is C13H13ClF3N3O. The van der Waals surface area contributed by atoms with Gasteiger partial charge in [-0.2, -0.15) is 13.2 Å². The molecule has 0 radical (unpaired) electrons. The van der Waals surface area contributed by atoms with Crippen molar-refractivity contribution in [2.24, 2.45) is 5.92 Å². The molecule has 4 nitrogen and oxygen atoms in total. The van der Waals surface area contributed by atoms with Crippen LogP contribution in [0.3, 0.4) is 0 Å². The fraction of sp³-hybridized carbons (Fsp3) is 0.538. The molecule has 3 unspecified atom stereocenters. The maximum absolute atomic E-state index is 12.8. The maximum atomic E-state index is 12.8. The normalized spacial score (nSPS) is 27.9. The van der Waals surface area contributed by atoms with Crippen molar-refractivity contribution in [3.63, 3.8) is 0 Å². The molecule has 2 bridgehead atoms. The van der Waals surface area contributed by atoms with Gasteiger partial charge in [-0.05, 0) is 24.9 Å². The van der Waals surface area contributed by atoms with Gasteiger partial charge in [-0.25, -0.2) is 4.98 Å². The summed E-state index contributed by atoms with van der Waals surface area (Å²) in [6, 6.07) is 0.684. The van der Waals surface area contributed by atoms with Gasteiger partial charge in [-0.15, -0.1) is 0 Å². The number of hydrogen-bond acceptors (Lipinski definition) is 3. The number of fused-ring (bicyclic) bond motifs is 2. The van der Waals surface area contributed by atoms with E-state index in [1.54, 1.807) is 0 Å². The number of carbonyl (C=O) groups excluding carboxylic acids is 1. The number of rotatable bonds is 2. The van der Waals surface area contributed by atoms with Gasteiger partial charge in [0, 0.05) is 25.3 Å². The van der Waals surface area contributed by atoms with Crippen LogP contribution in [0, 0.1) is 5.92 Å². The highest BCUT2D eigenvalue weighted by Crippen LogP contribution is 2.34.